The van der Waals surface area contributed by atoms with Crippen LogP contribution in [-0.4, -0.2) is 23.0 Å². The van der Waals surface area contributed by atoms with Crippen molar-refractivity contribution in [3.05, 3.63) is 34.1 Å². The van der Waals surface area contributed by atoms with Gasteiger partial charge in [0.15, 0.2) is 0 Å². The van der Waals surface area contributed by atoms with Crippen LogP contribution < -0.4 is 5.32 Å². The molecule has 6 heteroatoms. The second-order valence-electron chi connectivity index (χ2n) is 3.60. The number of rotatable bonds is 4. The molecule has 1 aromatic rings. The highest BCUT2D eigenvalue weighted by molar-refractivity contribution is 9.10. The Morgan fingerprint density at radius 2 is 2.18 bits per heavy atom. The highest BCUT2D eigenvalue weighted by Crippen LogP contribution is 2.15. The maximum Gasteiger partial charge on any atom is 0.305 e. The van der Waals surface area contributed by atoms with Crippen LogP contribution in [0.1, 0.15) is 23.7 Å². The molecule has 0 saturated heterocycles. The van der Waals surface area contributed by atoms with Gasteiger partial charge in [0.05, 0.1) is 12.0 Å². The summed E-state index contributed by atoms with van der Waals surface area (Å²) in [7, 11) is 0. The van der Waals surface area contributed by atoms with Crippen LogP contribution in [0.15, 0.2) is 22.7 Å². The van der Waals surface area contributed by atoms with Crippen molar-refractivity contribution in [3.8, 4) is 0 Å². The Bertz CT molecular complexity index is 450. The molecule has 2 N–H and O–H groups in total. The van der Waals surface area contributed by atoms with E-state index in [1.54, 1.807) is 6.92 Å². The SMILES string of the molecule is CC(CC(=O)O)NC(=O)c1cc(Br)ccc1F. The van der Waals surface area contributed by atoms with E-state index < -0.39 is 23.7 Å². The average Bonchev–Trinajstić information content (AvgIpc) is 2.20. The second-order valence-corrected chi connectivity index (χ2v) is 4.51. The smallest absolute Gasteiger partial charge is 0.305 e. The minimum Gasteiger partial charge on any atom is -0.481 e. The van der Waals surface area contributed by atoms with E-state index in [1.165, 1.54) is 18.2 Å². The number of aliphatic carboxylic acids is 1. The summed E-state index contributed by atoms with van der Waals surface area (Å²) in [6, 6.07) is 3.43. The minimum absolute atomic E-state index is 0.114. The molecule has 0 aliphatic heterocycles. The number of carboxylic acids is 1. The average molecular weight is 304 g/mol. The number of carboxylic acid groups (broad SMARTS) is 1. The van der Waals surface area contributed by atoms with Crippen LogP contribution in [0.3, 0.4) is 0 Å². The zero-order chi connectivity index (χ0) is 13.0. The van der Waals surface area contributed by atoms with Gasteiger partial charge < -0.3 is 10.4 Å². The summed E-state index contributed by atoms with van der Waals surface area (Å²) in [5.74, 6) is -2.29. The fourth-order valence-electron chi connectivity index (χ4n) is 1.29. The first kappa shape index (κ1) is 13.6. The molecule has 0 radical (unpaired) electrons. The molecular formula is C11H11BrFNO3. The van der Waals surface area contributed by atoms with Crippen LogP contribution in [0.5, 0.6) is 0 Å². The summed E-state index contributed by atoms with van der Waals surface area (Å²) >= 11 is 3.13. The van der Waals surface area contributed by atoms with Gasteiger partial charge in [-0.1, -0.05) is 15.9 Å². The van der Waals surface area contributed by atoms with Crippen LogP contribution in [-0.2, 0) is 4.79 Å². The van der Waals surface area contributed by atoms with Gasteiger partial charge in [-0.2, -0.15) is 0 Å². The first-order chi connectivity index (χ1) is 7.90. The van der Waals surface area contributed by atoms with Crippen LogP contribution in [0.2, 0.25) is 0 Å². The van der Waals surface area contributed by atoms with Gasteiger partial charge >= 0.3 is 5.97 Å². The first-order valence-electron chi connectivity index (χ1n) is 4.88. The normalized spacial score (nSPS) is 11.9. The van der Waals surface area contributed by atoms with E-state index in [2.05, 4.69) is 21.2 Å². The van der Waals surface area contributed by atoms with Gasteiger partial charge in [0.2, 0.25) is 0 Å². The lowest BCUT2D eigenvalue weighted by Crippen LogP contribution is -2.34. The molecule has 1 unspecified atom stereocenters. The first-order valence-corrected chi connectivity index (χ1v) is 5.67. The molecule has 0 fully saturated rings. The Kier molecular flexibility index (Phi) is 4.62. The molecule has 0 aliphatic carbocycles. The molecule has 0 heterocycles. The molecule has 0 saturated carbocycles. The highest BCUT2D eigenvalue weighted by Gasteiger charge is 2.16. The largest absolute Gasteiger partial charge is 0.481 e. The third-order valence-corrected chi connectivity index (χ3v) is 2.52. The summed E-state index contributed by atoms with van der Waals surface area (Å²) < 4.78 is 13.9. The lowest BCUT2D eigenvalue weighted by atomic mass is 10.1. The standard InChI is InChI=1S/C11H11BrFNO3/c1-6(4-10(15)16)14-11(17)8-5-7(12)2-3-9(8)13/h2-3,5-6H,4H2,1H3,(H,14,17)(H,15,16). The summed E-state index contributed by atoms with van der Waals surface area (Å²) in [6.45, 7) is 1.54. The lowest BCUT2D eigenvalue weighted by Gasteiger charge is -2.12. The van der Waals surface area contributed by atoms with Crippen molar-refractivity contribution in [1.29, 1.82) is 0 Å². The van der Waals surface area contributed by atoms with Crippen LogP contribution in [0.25, 0.3) is 0 Å². The number of carbonyl (C=O) groups is 2. The van der Waals surface area contributed by atoms with Gasteiger partial charge in [-0.05, 0) is 25.1 Å². The number of hydrogen-bond acceptors (Lipinski definition) is 2. The minimum atomic E-state index is -1.02. The predicted octanol–water partition coefficient (Wildman–Crippen LogP) is 2.18. The van der Waals surface area contributed by atoms with Gasteiger partial charge in [0.25, 0.3) is 5.91 Å². The fourth-order valence-corrected chi connectivity index (χ4v) is 1.65. The third kappa shape index (κ3) is 4.14. The molecule has 0 aliphatic rings. The van der Waals surface area contributed by atoms with E-state index in [-0.39, 0.29) is 12.0 Å². The Balaban J connectivity index is 2.76. The Morgan fingerprint density at radius 1 is 1.53 bits per heavy atom. The van der Waals surface area contributed by atoms with Crippen molar-refractivity contribution in [2.24, 2.45) is 0 Å². The van der Waals surface area contributed by atoms with Crippen molar-refractivity contribution in [1.82, 2.24) is 5.32 Å². The molecule has 4 nitrogen and oxygen atoms in total. The quantitative estimate of drug-likeness (QED) is 0.896. The number of hydrogen-bond donors (Lipinski definition) is 2. The third-order valence-electron chi connectivity index (χ3n) is 2.03. The van der Waals surface area contributed by atoms with Gasteiger partial charge in [-0.15, -0.1) is 0 Å². The van der Waals surface area contributed by atoms with Crippen LogP contribution in [0.4, 0.5) is 4.39 Å². The predicted molar refractivity (Wildman–Crippen MR) is 63.3 cm³/mol. The lowest BCUT2D eigenvalue weighted by molar-refractivity contribution is -0.137. The van der Waals surface area contributed by atoms with Crippen molar-refractivity contribution >= 4 is 27.8 Å². The summed E-state index contributed by atoms with van der Waals surface area (Å²) in [6.07, 6.45) is -0.207. The van der Waals surface area contributed by atoms with Crippen molar-refractivity contribution in [3.63, 3.8) is 0 Å². The molecule has 1 rings (SSSR count). The number of nitrogens with one attached hydrogen (secondary N) is 1. The van der Waals surface area contributed by atoms with E-state index in [0.29, 0.717) is 4.47 Å². The Hall–Kier alpha value is -1.43. The Labute approximate surface area is 106 Å². The van der Waals surface area contributed by atoms with E-state index in [4.69, 9.17) is 5.11 Å². The molecule has 1 atom stereocenters. The van der Waals surface area contributed by atoms with E-state index in [0.717, 1.165) is 0 Å². The molecule has 92 valence electrons. The molecule has 0 spiro atoms. The number of halogens is 2. The maximum absolute atomic E-state index is 13.3. The molecule has 17 heavy (non-hydrogen) atoms. The number of benzene rings is 1. The van der Waals surface area contributed by atoms with Gasteiger partial charge in [0.1, 0.15) is 5.82 Å². The van der Waals surface area contributed by atoms with Crippen LogP contribution >= 0.6 is 15.9 Å². The van der Waals surface area contributed by atoms with E-state index in [9.17, 15) is 14.0 Å². The van der Waals surface area contributed by atoms with Gasteiger partial charge in [-0.3, -0.25) is 9.59 Å². The molecule has 1 amide bonds. The summed E-state index contributed by atoms with van der Waals surface area (Å²) in [5.41, 5.74) is -0.114. The number of amides is 1. The molecule has 1 aromatic carbocycles. The zero-order valence-corrected chi connectivity index (χ0v) is 10.6. The fraction of sp³-hybridized carbons (Fsp3) is 0.273. The maximum atomic E-state index is 13.3. The van der Waals surface area contributed by atoms with Crippen LogP contribution in [0, 0.1) is 5.82 Å². The zero-order valence-electron chi connectivity index (χ0n) is 9.04. The number of carbonyl (C=O) groups excluding carboxylic acids is 1. The second kappa shape index (κ2) is 5.77. The van der Waals surface area contributed by atoms with Crippen molar-refractivity contribution in [2.45, 2.75) is 19.4 Å². The highest BCUT2D eigenvalue weighted by atomic mass is 79.9. The molecular weight excluding hydrogens is 293 g/mol. The monoisotopic (exact) mass is 303 g/mol. The van der Waals surface area contributed by atoms with Gasteiger partial charge in [-0.25, -0.2) is 4.39 Å². The topological polar surface area (TPSA) is 66.4 Å². The molecule has 0 bridgehead atoms. The van der Waals surface area contributed by atoms with E-state index >= 15 is 0 Å². The summed E-state index contributed by atoms with van der Waals surface area (Å²) in [5, 5.41) is 10.9. The Morgan fingerprint density at radius 3 is 2.76 bits per heavy atom. The summed E-state index contributed by atoms with van der Waals surface area (Å²) in [4.78, 5) is 22.1. The van der Waals surface area contributed by atoms with Gasteiger partial charge in [0, 0.05) is 10.5 Å². The van der Waals surface area contributed by atoms with E-state index in [1.807, 2.05) is 0 Å². The molecule has 0 aromatic heterocycles. The van der Waals surface area contributed by atoms with Crippen molar-refractivity contribution < 1.29 is 19.1 Å². The van der Waals surface area contributed by atoms with Crippen molar-refractivity contribution in [2.75, 3.05) is 0 Å².